The van der Waals surface area contributed by atoms with E-state index < -0.39 is 0 Å². The summed E-state index contributed by atoms with van der Waals surface area (Å²) in [4.78, 5) is 4.51. The summed E-state index contributed by atoms with van der Waals surface area (Å²) in [6.45, 7) is 2.11. The van der Waals surface area contributed by atoms with Gasteiger partial charge in [0.2, 0.25) is 0 Å². The highest BCUT2D eigenvalue weighted by molar-refractivity contribution is 5.33. The Labute approximate surface area is 121 Å². The van der Waals surface area contributed by atoms with E-state index in [9.17, 15) is 0 Å². The summed E-state index contributed by atoms with van der Waals surface area (Å²) < 4.78 is 0. The molecule has 0 spiro atoms. The minimum absolute atomic E-state index is 0.172. The molecule has 0 radical (unpaired) electrons. The van der Waals surface area contributed by atoms with E-state index in [1.807, 2.05) is 19.3 Å². The number of hydrogen-bond acceptors (Lipinski definition) is 2. The van der Waals surface area contributed by atoms with Gasteiger partial charge in [-0.2, -0.15) is 0 Å². The second kappa shape index (κ2) is 5.76. The number of pyridine rings is 1. The first-order valence-electron chi connectivity index (χ1n) is 7.47. The van der Waals surface area contributed by atoms with Crippen molar-refractivity contribution >= 4 is 0 Å². The van der Waals surface area contributed by atoms with Gasteiger partial charge in [-0.3, -0.25) is 4.98 Å². The van der Waals surface area contributed by atoms with E-state index in [4.69, 9.17) is 0 Å². The van der Waals surface area contributed by atoms with Gasteiger partial charge in [0.05, 0.1) is 11.7 Å². The van der Waals surface area contributed by atoms with Crippen LogP contribution in [-0.2, 0) is 0 Å². The molecule has 3 rings (SSSR count). The third kappa shape index (κ3) is 2.61. The quantitative estimate of drug-likeness (QED) is 0.906. The molecule has 0 saturated heterocycles. The van der Waals surface area contributed by atoms with Crippen molar-refractivity contribution < 1.29 is 0 Å². The molecule has 104 valence electrons. The third-order valence-corrected chi connectivity index (χ3v) is 4.37. The molecule has 2 nitrogen and oxygen atoms in total. The number of benzene rings is 1. The number of aromatic nitrogens is 1. The fourth-order valence-electron chi connectivity index (χ4n) is 2.90. The summed E-state index contributed by atoms with van der Waals surface area (Å²) in [6, 6.07) is 13.4. The van der Waals surface area contributed by atoms with Crippen LogP contribution in [0.3, 0.4) is 0 Å². The molecule has 1 aliphatic carbocycles. The Morgan fingerprint density at radius 3 is 2.45 bits per heavy atom. The van der Waals surface area contributed by atoms with Crippen LogP contribution in [0.25, 0.3) is 0 Å². The first-order chi connectivity index (χ1) is 9.78. The second-order valence-electron chi connectivity index (χ2n) is 5.77. The Bertz CT molecular complexity index is 570. The monoisotopic (exact) mass is 266 g/mol. The zero-order valence-corrected chi connectivity index (χ0v) is 12.3. The molecule has 20 heavy (non-hydrogen) atoms. The third-order valence-electron chi connectivity index (χ3n) is 4.37. The van der Waals surface area contributed by atoms with E-state index in [0.717, 1.165) is 11.6 Å². The zero-order valence-electron chi connectivity index (χ0n) is 12.3. The van der Waals surface area contributed by atoms with Gasteiger partial charge in [-0.05, 0) is 61.6 Å². The number of nitrogens with one attached hydrogen (secondary N) is 1. The topological polar surface area (TPSA) is 24.9 Å². The van der Waals surface area contributed by atoms with Gasteiger partial charge in [-0.25, -0.2) is 0 Å². The maximum atomic E-state index is 4.51. The molecule has 1 aromatic heterocycles. The van der Waals surface area contributed by atoms with Gasteiger partial charge in [0.25, 0.3) is 0 Å². The average molecular weight is 266 g/mol. The predicted octanol–water partition coefficient (Wildman–Crippen LogP) is 3.97. The SMILES string of the molecule is CNC(c1ccc(C2CCC2)cc1)c1cc(C)ccn1. The maximum Gasteiger partial charge on any atom is 0.0749 e. The van der Waals surface area contributed by atoms with Crippen LogP contribution in [0.4, 0.5) is 0 Å². The molecular weight excluding hydrogens is 244 g/mol. The molecule has 1 aliphatic rings. The van der Waals surface area contributed by atoms with Crippen LogP contribution in [0, 0.1) is 6.92 Å². The van der Waals surface area contributed by atoms with Gasteiger partial charge >= 0.3 is 0 Å². The van der Waals surface area contributed by atoms with Crippen LogP contribution in [0.5, 0.6) is 0 Å². The van der Waals surface area contributed by atoms with Crippen LogP contribution < -0.4 is 5.32 Å². The van der Waals surface area contributed by atoms with Gasteiger partial charge < -0.3 is 5.32 Å². The van der Waals surface area contributed by atoms with Crippen LogP contribution in [0.15, 0.2) is 42.6 Å². The Morgan fingerprint density at radius 2 is 1.90 bits per heavy atom. The molecule has 1 unspecified atom stereocenters. The summed E-state index contributed by atoms with van der Waals surface area (Å²) in [5, 5.41) is 3.38. The lowest BCUT2D eigenvalue weighted by atomic mass is 9.80. The van der Waals surface area contributed by atoms with Gasteiger partial charge in [0.15, 0.2) is 0 Å². The number of aryl methyl sites for hydroxylation is 1. The minimum atomic E-state index is 0.172. The second-order valence-corrected chi connectivity index (χ2v) is 5.77. The lowest BCUT2D eigenvalue weighted by molar-refractivity contribution is 0.419. The fraction of sp³-hybridized carbons (Fsp3) is 0.389. The van der Waals surface area contributed by atoms with Crippen LogP contribution >= 0.6 is 0 Å². The molecule has 1 heterocycles. The van der Waals surface area contributed by atoms with E-state index in [0.29, 0.717) is 0 Å². The van der Waals surface area contributed by atoms with Crippen molar-refractivity contribution in [2.75, 3.05) is 7.05 Å². The molecule has 1 atom stereocenters. The van der Waals surface area contributed by atoms with E-state index in [-0.39, 0.29) is 6.04 Å². The number of hydrogen-bond donors (Lipinski definition) is 1. The molecule has 2 aromatic rings. The molecule has 1 saturated carbocycles. The molecule has 1 aromatic carbocycles. The van der Waals surface area contributed by atoms with Gasteiger partial charge in [0.1, 0.15) is 0 Å². The summed E-state index contributed by atoms with van der Waals surface area (Å²) in [5.41, 5.74) is 5.12. The van der Waals surface area contributed by atoms with E-state index in [2.05, 4.69) is 47.6 Å². The average Bonchev–Trinajstić information content (AvgIpc) is 2.40. The molecule has 2 heteroatoms. The predicted molar refractivity (Wildman–Crippen MR) is 82.9 cm³/mol. The lowest BCUT2D eigenvalue weighted by Gasteiger charge is -2.26. The van der Waals surface area contributed by atoms with Crippen LogP contribution in [0.1, 0.15) is 53.6 Å². The molecular formula is C18H22N2. The Kier molecular flexibility index (Phi) is 3.83. The van der Waals surface area contributed by atoms with Crippen molar-refractivity contribution in [1.82, 2.24) is 10.3 Å². The largest absolute Gasteiger partial charge is 0.308 e. The standard InChI is InChI=1S/C18H22N2/c1-13-10-11-20-17(12-13)18(19-2)16-8-6-15(7-9-16)14-4-3-5-14/h6-12,14,18-19H,3-5H2,1-2H3. The first-order valence-corrected chi connectivity index (χ1v) is 7.47. The van der Waals surface area contributed by atoms with Crippen LogP contribution in [0.2, 0.25) is 0 Å². The van der Waals surface area contributed by atoms with Gasteiger partial charge in [0, 0.05) is 6.20 Å². The highest BCUT2D eigenvalue weighted by atomic mass is 14.9. The summed E-state index contributed by atoms with van der Waals surface area (Å²) in [6.07, 6.45) is 5.99. The van der Waals surface area contributed by atoms with E-state index in [1.54, 1.807) is 0 Å². The number of nitrogens with zero attached hydrogens (tertiary/aromatic N) is 1. The zero-order chi connectivity index (χ0) is 13.9. The molecule has 0 amide bonds. The van der Waals surface area contributed by atoms with E-state index in [1.165, 1.54) is 36.0 Å². The van der Waals surface area contributed by atoms with Crippen molar-refractivity contribution in [2.24, 2.45) is 0 Å². The first kappa shape index (κ1) is 13.3. The van der Waals surface area contributed by atoms with E-state index >= 15 is 0 Å². The summed E-state index contributed by atoms with van der Waals surface area (Å²) in [5.74, 6) is 0.800. The highest BCUT2D eigenvalue weighted by Gasteiger charge is 2.20. The van der Waals surface area contributed by atoms with Crippen molar-refractivity contribution in [3.05, 3.63) is 65.0 Å². The van der Waals surface area contributed by atoms with Crippen molar-refractivity contribution in [3.63, 3.8) is 0 Å². The van der Waals surface area contributed by atoms with Crippen molar-refractivity contribution in [1.29, 1.82) is 0 Å². The summed E-state index contributed by atoms with van der Waals surface area (Å²) in [7, 11) is 1.99. The fourth-order valence-corrected chi connectivity index (χ4v) is 2.90. The Hall–Kier alpha value is -1.67. The maximum absolute atomic E-state index is 4.51. The van der Waals surface area contributed by atoms with Crippen molar-refractivity contribution in [2.45, 2.75) is 38.1 Å². The smallest absolute Gasteiger partial charge is 0.0749 e. The molecule has 0 aliphatic heterocycles. The minimum Gasteiger partial charge on any atom is -0.308 e. The van der Waals surface area contributed by atoms with Gasteiger partial charge in [-0.1, -0.05) is 30.7 Å². The Morgan fingerprint density at radius 1 is 1.15 bits per heavy atom. The lowest BCUT2D eigenvalue weighted by Crippen LogP contribution is -2.19. The molecule has 1 fully saturated rings. The summed E-state index contributed by atoms with van der Waals surface area (Å²) >= 11 is 0. The Balaban J connectivity index is 1.85. The molecule has 1 N–H and O–H groups in total. The van der Waals surface area contributed by atoms with Crippen LogP contribution in [-0.4, -0.2) is 12.0 Å². The molecule has 0 bridgehead atoms. The van der Waals surface area contributed by atoms with Gasteiger partial charge in [-0.15, -0.1) is 0 Å². The van der Waals surface area contributed by atoms with Crippen molar-refractivity contribution in [3.8, 4) is 0 Å². The number of rotatable bonds is 4. The highest BCUT2D eigenvalue weighted by Crippen LogP contribution is 2.36. The normalized spacial score (nSPS) is 16.7.